The molecule has 1 aliphatic rings. The molecule has 1 heterocycles. The number of carbonyl (C=O) groups is 1. The molecular weight excluding hydrogens is 154 g/mol. The fourth-order valence-corrected chi connectivity index (χ4v) is 1.42. The molecular formula is C9H19NO2. The van der Waals surface area contributed by atoms with Crippen molar-refractivity contribution < 1.29 is 9.53 Å². The highest BCUT2D eigenvalue weighted by Crippen LogP contribution is 2.12. The van der Waals surface area contributed by atoms with Gasteiger partial charge in [-0.1, -0.05) is 6.92 Å². The number of methoxy groups -OCH3 is 1. The van der Waals surface area contributed by atoms with Crippen molar-refractivity contribution in [2.24, 2.45) is 5.92 Å². The van der Waals surface area contributed by atoms with Gasteiger partial charge in [-0.2, -0.15) is 0 Å². The third kappa shape index (κ3) is 6.16. The zero-order chi connectivity index (χ0) is 9.40. The molecule has 1 unspecified atom stereocenters. The molecule has 0 aromatic carbocycles. The fraction of sp³-hybridized carbons (Fsp3) is 0.889. The van der Waals surface area contributed by atoms with Gasteiger partial charge >= 0.3 is 0 Å². The number of piperidine rings is 1. The first-order chi connectivity index (χ1) is 5.70. The minimum atomic E-state index is 0.375. The van der Waals surface area contributed by atoms with Gasteiger partial charge in [-0.05, 0) is 32.4 Å². The maximum atomic E-state index is 8.95. The van der Waals surface area contributed by atoms with Crippen LogP contribution in [0.2, 0.25) is 0 Å². The Morgan fingerprint density at radius 2 is 2.17 bits per heavy atom. The highest BCUT2D eigenvalue weighted by atomic mass is 16.5. The van der Waals surface area contributed by atoms with E-state index in [1.165, 1.54) is 33.0 Å². The SMILES string of the molecule is CC1CCCN(C)C1.COC=O. The minimum absolute atomic E-state index is 0.375. The molecule has 0 aromatic rings. The Balaban J connectivity index is 0.000000261. The van der Waals surface area contributed by atoms with Gasteiger partial charge in [0, 0.05) is 6.54 Å². The molecule has 0 bridgehead atoms. The number of hydrogen-bond donors (Lipinski definition) is 0. The fourth-order valence-electron chi connectivity index (χ4n) is 1.42. The van der Waals surface area contributed by atoms with E-state index in [4.69, 9.17) is 4.79 Å². The standard InChI is InChI=1S/C7H15N.C2H4O2/c1-7-4-3-5-8(2)6-7;1-4-2-3/h7H,3-6H2,1-2H3;2H,1H3. The van der Waals surface area contributed by atoms with Gasteiger partial charge in [0.25, 0.3) is 6.47 Å². The second kappa shape index (κ2) is 7.10. The van der Waals surface area contributed by atoms with E-state index >= 15 is 0 Å². The normalized spacial score (nSPS) is 23.8. The average molecular weight is 173 g/mol. The Morgan fingerprint density at radius 3 is 2.42 bits per heavy atom. The number of ether oxygens (including phenoxy) is 1. The van der Waals surface area contributed by atoms with Gasteiger partial charge in [0.05, 0.1) is 7.11 Å². The van der Waals surface area contributed by atoms with Crippen LogP contribution in [0.25, 0.3) is 0 Å². The molecule has 0 radical (unpaired) electrons. The lowest BCUT2D eigenvalue weighted by Crippen LogP contribution is -2.30. The molecule has 72 valence electrons. The van der Waals surface area contributed by atoms with E-state index in [1.807, 2.05) is 0 Å². The molecule has 1 fully saturated rings. The molecule has 0 saturated carbocycles. The monoisotopic (exact) mass is 173 g/mol. The Bertz CT molecular complexity index is 109. The van der Waals surface area contributed by atoms with E-state index in [0.717, 1.165) is 5.92 Å². The van der Waals surface area contributed by atoms with Crippen LogP contribution in [0.15, 0.2) is 0 Å². The van der Waals surface area contributed by atoms with Crippen molar-refractivity contribution in [2.75, 3.05) is 27.2 Å². The van der Waals surface area contributed by atoms with Gasteiger partial charge in [-0.15, -0.1) is 0 Å². The summed E-state index contributed by atoms with van der Waals surface area (Å²) in [4.78, 5) is 11.4. The van der Waals surface area contributed by atoms with Crippen LogP contribution in [0, 0.1) is 5.92 Å². The van der Waals surface area contributed by atoms with E-state index < -0.39 is 0 Å². The average Bonchev–Trinajstić information content (AvgIpc) is 2.04. The van der Waals surface area contributed by atoms with Gasteiger partial charge in [0.15, 0.2) is 0 Å². The Hall–Kier alpha value is -0.570. The summed E-state index contributed by atoms with van der Waals surface area (Å²) in [6.45, 7) is 5.32. The van der Waals surface area contributed by atoms with Gasteiger partial charge in [0.2, 0.25) is 0 Å². The minimum Gasteiger partial charge on any atom is -0.471 e. The van der Waals surface area contributed by atoms with Crippen molar-refractivity contribution in [2.45, 2.75) is 19.8 Å². The molecule has 3 nitrogen and oxygen atoms in total. The van der Waals surface area contributed by atoms with Gasteiger partial charge in [-0.3, -0.25) is 4.79 Å². The zero-order valence-corrected chi connectivity index (χ0v) is 8.25. The molecule has 12 heavy (non-hydrogen) atoms. The summed E-state index contributed by atoms with van der Waals surface area (Å²) in [5.41, 5.74) is 0. The quantitative estimate of drug-likeness (QED) is 0.557. The number of nitrogens with zero attached hydrogens (tertiary/aromatic N) is 1. The van der Waals surface area contributed by atoms with E-state index in [-0.39, 0.29) is 0 Å². The molecule has 3 heteroatoms. The lowest BCUT2D eigenvalue weighted by molar-refractivity contribution is -0.126. The first-order valence-corrected chi connectivity index (χ1v) is 4.35. The van der Waals surface area contributed by atoms with Crippen molar-refractivity contribution in [1.82, 2.24) is 4.90 Å². The molecule has 1 atom stereocenters. The largest absolute Gasteiger partial charge is 0.471 e. The van der Waals surface area contributed by atoms with E-state index in [1.54, 1.807) is 0 Å². The highest BCUT2D eigenvalue weighted by Gasteiger charge is 2.11. The molecule has 0 aromatic heterocycles. The lowest BCUT2D eigenvalue weighted by atomic mass is 10.0. The predicted octanol–water partition coefficient (Wildman–Crippen LogP) is 1.14. The second-order valence-electron chi connectivity index (χ2n) is 3.34. The Labute approximate surface area is 74.7 Å². The molecule has 0 spiro atoms. The van der Waals surface area contributed by atoms with Crippen LogP contribution in [0.1, 0.15) is 19.8 Å². The Morgan fingerprint density at radius 1 is 1.58 bits per heavy atom. The van der Waals surface area contributed by atoms with Gasteiger partial charge in [0.1, 0.15) is 0 Å². The number of rotatable bonds is 1. The first-order valence-electron chi connectivity index (χ1n) is 4.35. The van der Waals surface area contributed by atoms with Gasteiger partial charge in [-0.25, -0.2) is 0 Å². The molecule has 0 aliphatic carbocycles. The van der Waals surface area contributed by atoms with E-state index in [9.17, 15) is 0 Å². The Kier molecular flexibility index (Phi) is 6.76. The van der Waals surface area contributed by atoms with Crippen molar-refractivity contribution >= 4 is 6.47 Å². The third-order valence-corrected chi connectivity index (χ3v) is 1.96. The van der Waals surface area contributed by atoms with Crippen molar-refractivity contribution in [3.05, 3.63) is 0 Å². The van der Waals surface area contributed by atoms with Crippen LogP contribution in [0.5, 0.6) is 0 Å². The van der Waals surface area contributed by atoms with Crippen molar-refractivity contribution in [3.8, 4) is 0 Å². The molecule has 0 amide bonds. The highest BCUT2D eigenvalue weighted by molar-refractivity contribution is 5.36. The maximum absolute atomic E-state index is 8.95. The molecule has 1 aliphatic heterocycles. The summed E-state index contributed by atoms with van der Waals surface area (Å²) in [5, 5.41) is 0. The molecule has 0 N–H and O–H groups in total. The van der Waals surface area contributed by atoms with Crippen LogP contribution < -0.4 is 0 Å². The second-order valence-corrected chi connectivity index (χ2v) is 3.34. The molecule has 1 rings (SSSR count). The predicted molar refractivity (Wildman–Crippen MR) is 49.0 cm³/mol. The summed E-state index contributed by atoms with van der Waals surface area (Å²) in [7, 11) is 3.52. The summed E-state index contributed by atoms with van der Waals surface area (Å²) in [5.74, 6) is 0.939. The lowest BCUT2D eigenvalue weighted by Gasteiger charge is -2.26. The van der Waals surface area contributed by atoms with Gasteiger partial charge < -0.3 is 9.64 Å². The molecule has 1 saturated heterocycles. The summed E-state index contributed by atoms with van der Waals surface area (Å²) >= 11 is 0. The van der Waals surface area contributed by atoms with Crippen molar-refractivity contribution in [3.63, 3.8) is 0 Å². The van der Waals surface area contributed by atoms with Crippen LogP contribution >= 0.6 is 0 Å². The number of carbonyl (C=O) groups excluding carboxylic acids is 1. The summed E-state index contributed by atoms with van der Waals surface area (Å²) < 4.78 is 3.86. The number of likely N-dealkylation sites (tertiary alicyclic amines) is 1. The third-order valence-electron chi connectivity index (χ3n) is 1.96. The van der Waals surface area contributed by atoms with Crippen LogP contribution in [0.4, 0.5) is 0 Å². The topological polar surface area (TPSA) is 29.5 Å². The van der Waals surface area contributed by atoms with E-state index in [2.05, 4.69) is 23.6 Å². The first kappa shape index (κ1) is 11.4. The number of hydrogen-bond acceptors (Lipinski definition) is 3. The zero-order valence-electron chi connectivity index (χ0n) is 8.25. The maximum Gasteiger partial charge on any atom is 0.292 e. The summed E-state index contributed by atoms with van der Waals surface area (Å²) in [6.07, 6.45) is 2.84. The summed E-state index contributed by atoms with van der Waals surface area (Å²) in [6, 6.07) is 0. The van der Waals surface area contributed by atoms with E-state index in [0.29, 0.717) is 6.47 Å². The smallest absolute Gasteiger partial charge is 0.292 e. The van der Waals surface area contributed by atoms with Crippen molar-refractivity contribution in [1.29, 1.82) is 0 Å². The van der Waals surface area contributed by atoms with Crippen LogP contribution in [-0.2, 0) is 9.53 Å². The van der Waals surface area contributed by atoms with Crippen LogP contribution in [0.3, 0.4) is 0 Å². The van der Waals surface area contributed by atoms with Crippen LogP contribution in [-0.4, -0.2) is 38.6 Å².